The number of hydrogen-bond acceptors (Lipinski definition) is 7. The number of aromatic nitrogens is 2. The van der Waals surface area contributed by atoms with Crippen LogP contribution in [0.1, 0.15) is 40.6 Å². The first-order valence-corrected chi connectivity index (χ1v) is 11.8. The zero-order valence-electron chi connectivity index (χ0n) is 18.0. The number of carbonyl (C=O) groups excluding carboxylic acids is 2. The molecule has 3 rings (SSSR count). The van der Waals surface area contributed by atoms with E-state index in [2.05, 4.69) is 12.2 Å². The summed E-state index contributed by atoms with van der Waals surface area (Å²) >= 11 is 2.74. The Balaban J connectivity index is 1.80. The Bertz CT molecular complexity index is 1180. The molecule has 2 aromatic heterocycles. The Labute approximate surface area is 188 Å². The Morgan fingerprint density at radius 1 is 1.29 bits per heavy atom. The molecular formula is C22H25N3O4S2. The first-order chi connectivity index (χ1) is 14.8. The molecule has 1 aromatic carbocycles. The van der Waals surface area contributed by atoms with Crippen molar-refractivity contribution in [3.8, 4) is 0 Å². The first-order valence-electron chi connectivity index (χ1n) is 9.97. The number of esters is 1. The van der Waals surface area contributed by atoms with Gasteiger partial charge in [-0.25, -0.2) is 9.78 Å². The third-order valence-electron chi connectivity index (χ3n) is 4.89. The summed E-state index contributed by atoms with van der Waals surface area (Å²) < 4.78 is 6.39. The number of thioether (sulfide) groups is 1. The number of amides is 1. The van der Waals surface area contributed by atoms with E-state index < -0.39 is 5.97 Å². The predicted octanol–water partition coefficient (Wildman–Crippen LogP) is 4.39. The molecule has 0 radical (unpaired) electrons. The van der Waals surface area contributed by atoms with Crippen molar-refractivity contribution in [2.75, 3.05) is 18.2 Å². The van der Waals surface area contributed by atoms with Crippen LogP contribution in [0.5, 0.6) is 0 Å². The van der Waals surface area contributed by atoms with Gasteiger partial charge in [-0.2, -0.15) is 0 Å². The van der Waals surface area contributed by atoms with E-state index in [0.29, 0.717) is 33.2 Å². The molecule has 0 saturated carbocycles. The summed E-state index contributed by atoms with van der Waals surface area (Å²) in [6.07, 6.45) is 1.81. The van der Waals surface area contributed by atoms with Gasteiger partial charge in [0.2, 0.25) is 5.91 Å². The average molecular weight is 460 g/mol. The normalized spacial score (nSPS) is 11.0. The van der Waals surface area contributed by atoms with Crippen molar-refractivity contribution >= 4 is 50.9 Å². The van der Waals surface area contributed by atoms with Crippen molar-refractivity contribution in [3.05, 3.63) is 50.6 Å². The van der Waals surface area contributed by atoms with Crippen molar-refractivity contribution in [2.24, 2.45) is 0 Å². The molecule has 0 saturated heterocycles. The second-order valence-corrected chi connectivity index (χ2v) is 9.22. The molecule has 0 spiro atoms. The van der Waals surface area contributed by atoms with Crippen LogP contribution in [0.25, 0.3) is 10.2 Å². The summed E-state index contributed by atoms with van der Waals surface area (Å²) in [6, 6.07) is 6.56. The Hall–Kier alpha value is -2.65. The standard InChI is InChI=1S/C22H25N3O4S2/c1-5-6-10-25-20(27)18-13(2)14(3)31-19(18)24-22(25)30-12-17(26)23-16-9-7-8-15(11-16)21(28)29-4/h7-9,11H,5-6,10,12H2,1-4H3,(H,23,26). The minimum absolute atomic E-state index is 0.0472. The van der Waals surface area contributed by atoms with E-state index in [1.54, 1.807) is 28.8 Å². The number of fused-ring (bicyclic) bond motifs is 1. The Morgan fingerprint density at radius 3 is 2.77 bits per heavy atom. The number of rotatable bonds is 8. The van der Waals surface area contributed by atoms with Crippen molar-refractivity contribution in [2.45, 2.75) is 45.3 Å². The highest BCUT2D eigenvalue weighted by Crippen LogP contribution is 2.28. The molecule has 1 N–H and O–H groups in total. The van der Waals surface area contributed by atoms with E-state index in [9.17, 15) is 14.4 Å². The van der Waals surface area contributed by atoms with E-state index >= 15 is 0 Å². The van der Waals surface area contributed by atoms with Crippen LogP contribution >= 0.6 is 23.1 Å². The highest BCUT2D eigenvalue weighted by atomic mass is 32.2. The highest BCUT2D eigenvalue weighted by molar-refractivity contribution is 7.99. The summed E-state index contributed by atoms with van der Waals surface area (Å²) in [5.74, 6) is -0.623. The number of methoxy groups -OCH3 is 1. The van der Waals surface area contributed by atoms with Crippen LogP contribution in [0, 0.1) is 13.8 Å². The number of benzene rings is 1. The summed E-state index contributed by atoms with van der Waals surface area (Å²) in [5, 5.41) is 4.00. The van der Waals surface area contributed by atoms with Crippen LogP contribution in [0.15, 0.2) is 34.2 Å². The number of nitrogens with zero attached hydrogens (tertiary/aromatic N) is 2. The van der Waals surface area contributed by atoms with Gasteiger partial charge < -0.3 is 10.1 Å². The molecule has 0 aliphatic heterocycles. The van der Waals surface area contributed by atoms with Gasteiger partial charge in [0.05, 0.1) is 23.8 Å². The lowest BCUT2D eigenvalue weighted by Gasteiger charge is -2.12. The Morgan fingerprint density at radius 2 is 2.06 bits per heavy atom. The number of nitrogens with one attached hydrogen (secondary N) is 1. The maximum Gasteiger partial charge on any atom is 0.337 e. The van der Waals surface area contributed by atoms with Crippen LogP contribution in [0.3, 0.4) is 0 Å². The molecular weight excluding hydrogens is 434 g/mol. The fourth-order valence-corrected chi connectivity index (χ4v) is 5.00. The van der Waals surface area contributed by atoms with Gasteiger partial charge in [-0.3, -0.25) is 14.2 Å². The van der Waals surface area contributed by atoms with Gasteiger partial charge in [0.25, 0.3) is 5.56 Å². The molecule has 1 amide bonds. The van der Waals surface area contributed by atoms with E-state index in [1.165, 1.54) is 30.2 Å². The molecule has 3 aromatic rings. The van der Waals surface area contributed by atoms with Crippen molar-refractivity contribution < 1.29 is 14.3 Å². The topological polar surface area (TPSA) is 90.3 Å². The molecule has 9 heteroatoms. The predicted molar refractivity (Wildman–Crippen MR) is 125 cm³/mol. The molecule has 0 unspecified atom stereocenters. The largest absolute Gasteiger partial charge is 0.465 e. The van der Waals surface area contributed by atoms with Crippen molar-refractivity contribution in [3.63, 3.8) is 0 Å². The first kappa shape index (κ1) is 23.0. The van der Waals surface area contributed by atoms with Gasteiger partial charge in [0, 0.05) is 17.1 Å². The van der Waals surface area contributed by atoms with Crippen LogP contribution in [-0.4, -0.2) is 34.3 Å². The smallest absolute Gasteiger partial charge is 0.337 e. The lowest BCUT2D eigenvalue weighted by atomic mass is 10.2. The number of carbonyl (C=O) groups is 2. The van der Waals surface area contributed by atoms with E-state index in [4.69, 9.17) is 9.72 Å². The highest BCUT2D eigenvalue weighted by Gasteiger charge is 2.17. The molecule has 0 bridgehead atoms. The van der Waals surface area contributed by atoms with E-state index in [1.807, 2.05) is 13.8 Å². The molecule has 7 nitrogen and oxygen atoms in total. The quantitative estimate of drug-likeness (QED) is 0.305. The maximum atomic E-state index is 13.1. The summed E-state index contributed by atoms with van der Waals surface area (Å²) in [7, 11) is 1.31. The number of unbranched alkanes of at least 4 members (excludes halogenated alkanes) is 1. The van der Waals surface area contributed by atoms with Crippen molar-refractivity contribution in [1.82, 2.24) is 9.55 Å². The second-order valence-electron chi connectivity index (χ2n) is 7.08. The third-order valence-corrected chi connectivity index (χ3v) is 6.97. The van der Waals surface area contributed by atoms with Gasteiger partial charge in [0.1, 0.15) is 4.83 Å². The molecule has 2 heterocycles. The number of aryl methyl sites for hydroxylation is 2. The van der Waals surface area contributed by atoms with Crippen LogP contribution in [0.4, 0.5) is 5.69 Å². The average Bonchev–Trinajstić information content (AvgIpc) is 3.04. The summed E-state index contributed by atoms with van der Waals surface area (Å²) in [4.78, 5) is 43.8. The SMILES string of the molecule is CCCCn1c(SCC(=O)Nc2cccc(C(=O)OC)c2)nc2sc(C)c(C)c2c1=O. The summed E-state index contributed by atoms with van der Waals surface area (Å²) in [5.41, 5.74) is 1.79. The van der Waals surface area contributed by atoms with Crippen LogP contribution in [0.2, 0.25) is 0 Å². The molecule has 31 heavy (non-hydrogen) atoms. The monoisotopic (exact) mass is 459 g/mol. The molecule has 0 aliphatic carbocycles. The van der Waals surface area contributed by atoms with E-state index in [-0.39, 0.29) is 17.2 Å². The molecule has 0 atom stereocenters. The number of anilines is 1. The minimum atomic E-state index is -0.468. The maximum absolute atomic E-state index is 13.1. The summed E-state index contributed by atoms with van der Waals surface area (Å²) in [6.45, 7) is 6.57. The van der Waals surface area contributed by atoms with Gasteiger partial charge >= 0.3 is 5.97 Å². The number of ether oxygens (including phenoxy) is 1. The number of hydrogen-bond donors (Lipinski definition) is 1. The van der Waals surface area contributed by atoms with Gasteiger partial charge in [-0.05, 0) is 44.0 Å². The Kier molecular flexibility index (Phi) is 7.50. The van der Waals surface area contributed by atoms with E-state index in [0.717, 1.165) is 23.3 Å². The zero-order valence-corrected chi connectivity index (χ0v) is 19.6. The van der Waals surface area contributed by atoms with Crippen molar-refractivity contribution in [1.29, 1.82) is 0 Å². The molecule has 0 aliphatic rings. The van der Waals surface area contributed by atoms with Gasteiger partial charge in [-0.1, -0.05) is 31.2 Å². The lowest BCUT2D eigenvalue weighted by Crippen LogP contribution is -2.24. The third kappa shape index (κ3) is 5.16. The van der Waals surface area contributed by atoms with Crippen LogP contribution < -0.4 is 10.9 Å². The van der Waals surface area contributed by atoms with Crippen LogP contribution in [-0.2, 0) is 16.1 Å². The van der Waals surface area contributed by atoms with Gasteiger partial charge in [-0.15, -0.1) is 11.3 Å². The number of thiophene rings is 1. The van der Waals surface area contributed by atoms with Gasteiger partial charge in [0.15, 0.2) is 5.16 Å². The fraction of sp³-hybridized carbons (Fsp3) is 0.364. The fourth-order valence-electron chi connectivity index (χ4n) is 3.10. The lowest BCUT2D eigenvalue weighted by molar-refractivity contribution is -0.113. The minimum Gasteiger partial charge on any atom is -0.465 e. The molecule has 0 fully saturated rings. The second kappa shape index (κ2) is 10.1. The zero-order chi connectivity index (χ0) is 22.5. The molecule has 164 valence electrons.